The largest absolute Gasteiger partial charge is 0.495 e. The standard InChI is InChI=1S/C19H27N5O/c1-15(2)14-21-19-20-9-8-18(22-19)24-12-10-23(11-13-24)16-6-4-5-7-17(16)25-3/h4-9,15H,10-14H2,1-3H3,(H,20,21,22). The Morgan fingerprint density at radius 1 is 1.08 bits per heavy atom. The van der Waals surface area contributed by atoms with Crippen LogP contribution in [-0.4, -0.2) is 49.8 Å². The van der Waals surface area contributed by atoms with Crippen molar-refractivity contribution >= 4 is 17.5 Å². The molecule has 2 aromatic rings. The summed E-state index contributed by atoms with van der Waals surface area (Å²) in [5.74, 6) is 3.19. The number of para-hydroxylation sites is 2. The minimum absolute atomic E-state index is 0.566. The van der Waals surface area contributed by atoms with E-state index in [-0.39, 0.29) is 0 Å². The lowest BCUT2D eigenvalue weighted by Crippen LogP contribution is -2.47. The van der Waals surface area contributed by atoms with Crippen molar-refractivity contribution in [2.24, 2.45) is 5.92 Å². The number of piperazine rings is 1. The summed E-state index contributed by atoms with van der Waals surface area (Å²) in [5, 5.41) is 3.30. The van der Waals surface area contributed by atoms with Crippen molar-refractivity contribution in [3.8, 4) is 5.75 Å². The first-order valence-corrected chi connectivity index (χ1v) is 8.87. The van der Waals surface area contributed by atoms with Gasteiger partial charge in [0.2, 0.25) is 5.95 Å². The Labute approximate surface area is 149 Å². The van der Waals surface area contributed by atoms with Crippen LogP contribution in [0.5, 0.6) is 5.75 Å². The van der Waals surface area contributed by atoms with Gasteiger partial charge in [-0.15, -0.1) is 0 Å². The summed E-state index contributed by atoms with van der Waals surface area (Å²) in [6.07, 6.45) is 1.83. The molecule has 0 aliphatic carbocycles. The minimum Gasteiger partial charge on any atom is -0.495 e. The van der Waals surface area contributed by atoms with Gasteiger partial charge in [0.05, 0.1) is 12.8 Å². The molecule has 1 aliphatic heterocycles. The Morgan fingerprint density at radius 2 is 1.80 bits per heavy atom. The third kappa shape index (κ3) is 4.32. The molecule has 25 heavy (non-hydrogen) atoms. The van der Waals surface area contributed by atoms with Crippen molar-refractivity contribution < 1.29 is 4.74 Å². The number of hydrogen-bond acceptors (Lipinski definition) is 6. The number of benzene rings is 1. The maximum atomic E-state index is 5.49. The molecular weight excluding hydrogens is 314 g/mol. The highest BCUT2D eigenvalue weighted by Crippen LogP contribution is 2.29. The van der Waals surface area contributed by atoms with E-state index in [1.54, 1.807) is 7.11 Å². The summed E-state index contributed by atoms with van der Waals surface area (Å²) in [6, 6.07) is 10.2. The minimum atomic E-state index is 0.566. The molecule has 1 aliphatic rings. The molecule has 134 valence electrons. The first kappa shape index (κ1) is 17.3. The second-order valence-electron chi connectivity index (χ2n) is 6.66. The molecule has 0 saturated carbocycles. The summed E-state index contributed by atoms with van der Waals surface area (Å²) in [7, 11) is 1.72. The molecule has 0 radical (unpaired) electrons. The van der Waals surface area contributed by atoms with Crippen LogP contribution in [0.4, 0.5) is 17.5 Å². The molecule has 6 nitrogen and oxygen atoms in total. The van der Waals surface area contributed by atoms with Crippen LogP contribution < -0.4 is 19.9 Å². The van der Waals surface area contributed by atoms with E-state index in [1.165, 1.54) is 0 Å². The van der Waals surface area contributed by atoms with E-state index in [9.17, 15) is 0 Å². The molecule has 0 amide bonds. The first-order chi connectivity index (χ1) is 12.2. The van der Waals surface area contributed by atoms with E-state index in [0.717, 1.165) is 50.0 Å². The number of methoxy groups -OCH3 is 1. The summed E-state index contributed by atoms with van der Waals surface area (Å²) in [5.41, 5.74) is 1.16. The Kier molecular flexibility index (Phi) is 5.58. The molecule has 1 aromatic carbocycles. The van der Waals surface area contributed by atoms with E-state index in [0.29, 0.717) is 11.9 Å². The van der Waals surface area contributed by atoms with Gasteiger partial charge in [0.15, 0.2) is 0 Å². The average Bonchev–Trinajstić information content (AvgIpc) is 2.66. The lowest BCUT2D eigenvalue weighted by atomic mass is 10.2. The summed E-state index contributed by atoms with van der Waals surface area (Å²) in [6.45, 7) is 8.97. The molecule has 1 N–H and O–H groups in total. The lowest BCUT2D eigenvalue weighted by Gasteiger charge is -2.37. The van der Waals surface area contributed by atoms with Gasteiger partial charge in [-0.25, -0.2) is 4.98 Å². The van der Waals surface area contributed by atoms with Gasteiger partial charge in [-0.05, 0) is 24.1 Å². The number of hydrogen-bond donors (Lipinski definition) is 1. The first-order valence-electron chi connectivity index (χ1n) is 8.87. The van der Waals surface area contributed by atoms with Gasteiger partial charge < -0.3 is 19.9 Å². The predicted molar refractivity (Wildman–Crippen MR) is 103 cm³/mol. The smallest absolute Gasteiger partial charge is 0.224 e. The molecule has 0 spiro atoms. The Bertz CT molecular complexity index is 683. The summed E-state index contributed by atoms with van der Waals surface area (Å²) >= 11 is 0. The lowest BCUT2D eigenvalue weighted by molar-refractivity contribution is 0.413. The van der Waals surface area contributed by atoms with Crippen LogP contribution >= 0.6 is 0 Å². The van der Waals surface area contributed by atoms with Crippen molar-refractivity contribution in [1.82, 2.24) is 9.97 Å². The van der Waals surface area contributed by atoms with E-state index in [1.807, 2.05) is 24.4 Å². The second kappa shape index (κ2) is 8.05. The number of nitrogens with one attached hydrogen (secondary N) is 1. The van der Waals surface area contributed by atoms with Crippen molar-refractivity contribution in [3.05, 3.63) is 36.5 Å². The molecule has 6 heteroatoms. The highest BCUT2D eigenvalue weighted by Gasteiger charge is 2.20. The normalized spacial score (nSPS) is 14.7. The van der Waals surface area contributed by atoms with Crippen LogP contribution in [0.25, 0.3) is 0 Å². The maximum Gasteiger partial charge on any atom is 0.224 e. The molecule has 1 saturated heterocycles. The molecule has 0 bridgehead atoms. The monoisotopic (exact) mass is 341 g/mol. The van der Waals surface area contributed by atoms with Crippen LogP contribution in [0.3, 0.4) is 0 Å². The average molecular weight is 341 g/mol. The Morgan fingerprint density at radius 3 is 2.52 bits per heavy atom. The van der Waals surface area contributed by atoms with Crippen LogP contribution in [0, 0.1) is 5.92 Å². The third-order valence-corrected chi connectivity index (χ3v) is 4.34. The number of nitrogens with zero attached hydrogens (tertiary/aromatic N) is 4. The van der Waals surface area contributed by atoms with Gasteiger partial charge in [0.1, 0.15) is 11.6 Å². The zero-order valence-electron chi connectivity index (χ0n) is 15.3. The van der Waals surface area contributed by atoms with Crippen LogP contribution in [-0.2, 0) is 0 Å². The number of ether oxygens (including phenoxy) is 1. The molecule has 1 aromatic heterocycles. The van der Waals surface area contributed by atoms with Gasteiger partial charge in [-0.1, -0.05) is 26.0 Å². The summed E-state index contributed by atoms with van der Waals surface area (Å²) in [4.78, 5) is 13.7. The zero-order valence-corrected chi connectivity index (χ0v) is 15.3. The number of rotatable bonds is 6. The maximum absolute atomic E-state index is 5.49. The van der Waals surface area contributed by atoms with Crippen LogP contribution in [0.1, 0.15) is 13.8 Å². The Balaban J connectivity index is 1.63. The fraction of sp³-hybridized carbons (Fsp3) is 0.474. The van der Waals surface area contributed by atoms with Crippen molar-refractivity contribution in [3.63, 3.8) is 0 Å². The molecule has 2 heterocycles. The quantitative estimate of drug-likeness (QED) is 0.872. The van der Waals surface area contributed by atoms with Gasteiger partial charge in [0, 0.05) is 38.9 Å². The van der Waals surface area contributed by atoms with Crippen LogP contribution in [0.2, 0.25) is 0 Å². The third-order valence-electron chi connectivity index (χ3n) is 4.34. The van der Waals surface area contributed by atoms with E-state index in [4.69, 9.17) is 4.74 Å². The van der Waals surface area contributed by atoms with Crippen molar-refractivity contribution in [2.75, 3.05) is 55.0 Å². The van der Waals surface area contributed by atoms with E-state index >= 15 is 0 Å². The van der Waals surface area contributed by atoms with Crippen molar-refractivity contribution in [1.29, 1.82) is 0 Å². The topological polar surface area (TPSA) is 53.5 Å². The summed E-state index contributed by atoms with van der Waals surface area (Å²) < 4.78 is 5.49. The van der Waals surface area contributed by atoms with Crippen molar-refractivity contribution in [2.45, 2.75) is 13.8 Å². The molecule has 3 rings (SSSR count). The van der Waals surface area contributed by atoms with Gasteiger partial charge in [-0.3, -0.25) is 0 Å². The van der Waals surface area contributed by atoms with Gasteiger partial charge >= 0.3 is 0 Å². The fourth-order valence-electron chi connectivity index (χ4n) is 2.97. The molecule has 0 unspecified atom stereocenters. The van der Waals surface area contributed by atoms with E-state index < -0.39 is 0 Å². The molecule has 0 atom stereocenters. The fourth-order valence-corrected chi connectivity index (χ4v) is 2.97. The van der Waals surface area contributed by atoms with E-state index in [2.05, 4.69) is 51.1 Å². The Hall–Kier alpha value is -2.50. The SMILES string of the molecule is COc1ccccc1N1CCN(c2ccnc(NCC(C)C)n2)CC1. The molecule has 1 fully saturated rings. The zero-order chi connectivity index (χ0) is 17.6. The van der Waals surface area contributed by atoms with Gasteiger partial charge in [-0.2, -0.15) is 4.98 Å². The second-order valence-corrected chi connectivity index (χ2v) is 6.66. The number of anilines is 3. The molecular formula is C19H27N5O. The highest BCUT2D eigenvalue weighted by atomic mass is 16.5. The number of aromatic nitrogens is 2. The highest BCUT2D eigenvalue weighted by molar-refractivity contribution is 5.59. The predicted octanol–water partition coefficient (Wildman–Crippen LogP) is 2.88. The van der Waals surface area contributed by atoms with Gasteiger partial charge in [0.25, 0.3) is 0 Å². The van der Waals surface area contributed by atoms with Crippen LogP contribution in [0.15, 0.2) is 36.5 Å².